The molecule has 0 bridgehead atoms. The van der Waals surface area contributed by atoms with Crippen molar-refractivity contribution in [2.24, 2.45) is 0 Å². The lowest BCUT2D eigenvalue weighted by Gasteiger charge is -2.17. The first-order chi connectivity index (χ1) is 6.80. The van der Waals surface area contributed by atoms with Gasteiger partial charge < -0.3 is 4.90 Å². The zero-order valence-corrected chi connectivity index (χ0v) is 9.54. The third kappa shape index (κ3) is 3.27. The molecule has 1 aromatic rings. The number of hydrogen-bond acceptors (Lipinski definition) is 3. The molecule has 0 N–H and O–H groups in total. The smallest absolute Gasteiger partial charge is 0.0974 e. The van der Waals surface area contributed by atoms with Gasteiger partial charge in [0.2, 0.25) is 0 Å². The molecule has 1 rings (SSSR count). The van der Waals surface area contributed by atoms with Crippen LogP contribution in [0.3, 0.4) is 0 Å². The van der Waals surface area contributed by atoms with E-state index in [0.717, 1.165) is 31.9 Å². The Morgan fingerprint density at radius 2 is 2.14 bits per heavy atom. The Bertz CT molecular complexity index is 257. The van der Waals surface area contributed by atoms with E-state index in [1.165, 1.54) is 0 Å². The second-order valence-corrected chi connectivity index (χ2v) is 3.40. The first-order valence-corrected chi connectivity index (χ1v) is 5.50. The topological polar surface area (TPSA) is 34.0 Å². The summed E-state index contributed by atoms with van der Waals surface area (Å²) in [6.45, 7) is 8.37. The highest BCUT2D eigenvalue weighted by Crippen LogP contribution is 1.97. The van der Waals surface area contributed by atoms with Crippen LogP contribution in [0.1, 0.15) is 19.5 Å². The van der Waals surface area contributed by atoms with Crippen molar-refractivity contribution in [3.8, 4) is 0 Å². The number of alkyl halides is 1. The van der Waals surface area contributed by atoms with E-state index >= 15 is 0 Å². The SMILES string of the molecule is CCN(CC)CCn1cc(CCl)nn1. The first-order valence-electron chi connectivity index (χ1n) is 4.97. The van der Waals surface area contributed by atoms with Crippen molar-refractivity contribution in [3.63, 3.8) is 0 Å². The van der Waals surface area contributed by atoms with Crippen molar-refractivity contribution in [1.29, 1.82) is 0 Å². The van der Waals surface area contributed by atoms with Crippen LogP contribution in [-0.2, 0) is 12.4 Å². The largest absolute Gasteiger partial charge is 0.302 e. The van der Waals surface area contributed by atoms with Crippen molar-refractivity contribution in [3.05, 3.63) is 11.9 Å². The van der Waals surface area contributed by atoms with Gasteiger partial charge in [0.1, 0.15) is 0 Å². The van der Waals surface area contributed by atoms with Gasteiger partial charge in [0.05, 0.1) is 18.1 Å². The molecule has 0 radical (unpaired) electrons. The van der Waals surface area contributed by atoms with Crippen molar-refractivity contribution >= 4 is 11.6 Å². The Labute approximate surface area is 89.8 Å². The van der Waals surface area contributed by atoms with Crippen LogP contribution in [-0.4, -0.2) is 39.5 Å². The molecule has 0 atom stereocenters. The van der Waals surface area contributed by atoms with E-state index in [1.54, 1.807) is 0 Å². The molecule has 80 valence electrons. The van der Waals surface area contributed by atoms with Gasteiger partial charge >= 0.3 is 0 Å². The average Bonchev–Trinajstić information content (AvgIpc) is 2.67. The predicted octanol–water partition coefficient (Wildman–Crippen LogP) is 1.36. The molecular weight excluding hydrogens is 200 g/mol. The molecule has 0 aliphatic heterocycles. The number of nitrogens with zero attached hydrogens (tertiary/aromatic N) is 4. The summed E-state index contributed by atoms with van der Waals surface area (Å²) in [5.74, 6) is 0.436. The van der Waals surface area contributed by atoms with E-state index in [1.807, 2.05) is 10.9 Å². The molecule has 1 aromatic heterocycles. The van der Waals surface area contributed by atoms with Gasteiger partial charge in [0.25, 0.3) is 0 Å². The van der Waals surface area contributed by atoms with Crippen LogP contribution >= 0.6 is 11.6 Å². The van der Waals surface area contributed by atoms with Gasteiger partial charge in [-0.25, -0.2) is 0 Å². The maximum absolute atomic E-state index is 5.63. The quantitative estimate of drug-likeness (QED) is 0.674. The molecule has 0 spiro atoms. The molecule has 0 amide bonds. The van der Waals surface area contributed by atoms with Crippen LogP contribution in [0.5, 0.6) is 0 Å². The monoisotopic (exact) mass is 216 g/mol. The highest BCUT2D eigenvalue weighted by Gasteiger charge is 2.01. The van der Waals surface area contributed by atoms with Gasteiger partial charge in [0, 0.05) is 12.7 Å². The van der Waals surface area contributed by atoms with E-state index in [9.17, 15) is 0 Å². The summed E-state index contributed by atoms with van der Waals surface area (Å²) in [7, 11) is 0. The van der Waals surface area contributed by atoms with Gasteiger partial charge in [-0.2, -0.15) is 0 Å². The molecule has 5 heteroatoms. The Morgan fingerprint density at radius 3 is 2.64 bits per heavy atom. The fourth-order valence-corrected chi connectivity index (χ4v) is 1.42. The van der Waals surface area contributed by atoms with Crippen LogP contribution in [0.15, 0.2) is 6.20 Å². The van der Waals surface area contributed by atoms with Gasteiger partial charge in [-0.3, -0.25) is 4.68 Å². The summed E-state index contributed by atoms with van der Waals surface area (Å²) in [5.41, 5.74) is 0.839. The Balaban J connectivity index is 2.37. The van der Waals surface area contributed by atoms with Crippen molar-refractivity contribution in [2.45, 2.75) is 26.3 Å². The van der Waals surface area contributed by atoms with Crippen LogP contribution in [0.2, 0.25) is 0 Å². The van der Waals surface area contributed by atoms with E-state index in [0.29, 0.717) is 5.88 Å². The van der Waals surface area contributed by atoms with Crippen molar-refractivity contribution < 1.29 is 0 Å². The minimum Gasteiger partial charge on any atom is -0.302 e. The van der Waals surface area contributed by atoms with E-state index < -0.39 is 0 Å². The Kier molecular flexibility index (Phi) is 4.90. The maximum atomic E-state index is 5.63. The highest BCUT2D eigenvalue weighted by molar-refractivity contribution is 6.16. The molecule has 14 heavy (non-hydrogen) atoms. The lowest BCUT2D eigenvalue weighted by molar-refractivity contribution is 0.284. The molecule has 0 aliphatic carbocycles. The van der Waals surface area contributed by atoms with Crippen LogP contribution in [0, 0.1) is 0 Å². The summed E-state index contributed by atoms with van der Waals surface area (Å²) < 4.78 is 1.84. The molecule has 0 saturated carbocycles. The predicted molar refractivity (Wildman–Crippen MR) is 57.4 cm³/mol. The summed E-state index contributed by atoms with van der Waals surface area (Å²) in [4.78, 5) is 2.35. The van der Waals surface area contributed by atoms with E-state index in [-0.39, 0.29) is 0 Å². The second kappa shape index (κ2) is 5.98. The number of halogens is 1. The lowest BCUT2D eigenvalue weighted by atomic mass is 10.4. The third-order valence-electron chi connectivity index (χ3n) is 2.26. The van der Waals surface area contributed by atoms with Gasteiger partial charge in [-0.15, -0.1) is 16.7 Å². The van der Waals surface area contributed by atoms with Crippen molar-refractivity contribution in [1.82, 2.24) is 19.9 Å². The Morgan fingerprint density at radius 1 is 1.43 bits per heavy atom. The van der Waals surface area contributed by atoms with Crippen LogP contribution in [0.25, 0.3) is 0 Å². The molecule has 0 aromatic carbocycles. The van der Waals surface area contributed by atoms with Crippen LogP contribution < -0.4 is 0 Å². The minimum atomic E-state index is 0.436. The normalized spacial score (nSPS) is 11.1. The molecule has 0 aliphatic rings. The standard InChI is InChI=1S/C9H17ClN4/c1-3-13(4-2)5-6-14-8-9(7-10)11-12-14/h8H,3-7H2,1-2H3. The molecule has 0 fully saturated rings. The maximum Gasteiger partial charge on any atom is 0.0974 e. The summed E-state index contributed by atoms with van der Waals surface area (Å²) in [5, 5.41) is 7.91. The highest BCUT2D eigenvalue weighted by atomic mass is 35.5. The van der Waals surface area contributed by atoms with E-state index in [4.69, 9.17) is 11.6 Å². The zero-order chi connectivity index (χ0) is 10.4. The molecule has 0 unspecified atom stereocenters. The molecule has 4 nitrogen and oxygen atoms in total. The first kappa shape index (κ1) is 11.5. The summed E-state index contributed by atoms with van der Waals surface area (Å²) >= 11 is 5.63. The summed E-state index contributed by atoms with van der Waals surface area (Å²) in [6.07, 6.45) is 1.90. The number of aromatic nitrogens is 3. The number of hydrogen-bond donors (Lipinski definition) is 0. The zero-order valence-electron chi connectivity index (χ0n) is 8.78. The minimum absolute atomic E-state index is 0.436. The van der Waals surface area contributed by atoms with Gasteiger partial charge in [-0.1, -0.05) is 19.1 Å². The van der Waals surface area contributed by atoms with Gasteiger partial charge in [-0.05, 0) is 13.1 Å². The molecule has 0 saturated heterocycles. The number of rotatable bonds is 6. The van der Waals surface area contributed by atoms with E-state index in [2.05, 4.69) is 29.1 Å². The van der Waals surface area contributed by atoms with Crippen molar-refractivity contribution in [2.75, 3.05) is 19.6 Å². The summed E-state index contributed by atoms with van der Waals surface area (Å²) in [6, 6.07) is 0. The lowest BCUT2D eigenvalue weighted by Crippen LogP contribution is -2.27. The third-order valence-corrected chi connectivity index (χ3v) is 2.54. The number of likely N-dealkylation sites (N-methyl/N-ethyl adjacent to an activating group) is 1. The fraction of sp³-hybridized carbons (Fsp3) is 0.778. The molecule has 1 heterocycles. The average molecular weight is 217 g/mol. The van der Waals surface area contributed by atoms with Gasteiger partial charge in [0.15, 0.2) is 0 Å². The van der Waals surface area contributed by atoms with Crippen LogP contribution in [0.4, 0.5) is 0 Å². The molecular formula is C9H17ClN4. The Hall–Kier alpha value is -0.610. The fourth-order valence-electron chi connectivity index (χ4n) is 1.29. The second-order valence-electron chi connectivity index (χ2n) is 3.13.